The molecule has 1 atom stereocenters. The summed E-state index contributed by atoms with van der Waals surface area (Å²) in [5.74, 6) is -0.0621. The lowest BCUT2D eigenvalue weighted by atomic mass is 10.1. The van der Waals surface area contributed by atoms with Crippen LogP contribution in [0, 0.1) is 0 Å². The standard InChI is InChI=1S/C18H26N2O3/c1-14(21)13-19-18(23)16-10-7-9-15(12-16)8-5-4-6-11-17(22)20(2)3/h5,7-10,12,14,21H,4,6,11,13H2,1-3H3,(H,19,23). The van der Waals surface area contributed by atoms with E-state index in [0.717, 1.165) is 18.4 Å². The number of hydrogen-bond donors (Lipinski definition) is 2. The fraction of sp³-hybridized carbons (Fsp3) is 0.444. The van der Waals surface area contributed by atoms with E-state index >= 15 is 0 Å². The minimum absolute atomic E-state index is 0.134. The molecule has 0 aliphatic carbocycles. The number of amides is 2. The third-order valence-electron chi connectivity index (χ3n) is 3.28. The number of nitrogens with zero attached hydrogens (tertiary/aromatic N) is 1. The molecule has 0 aliphatic rings. The van der Waals surface area contributed by atoms with Crippen LogP contribution in [0.25, 0.3) is 6.08 Å². The molecule has 0 radical (unpaired) electrons. The van der Waals surface area contributed by atoms with Crippen LogP contribution in [0.5, 0.6) is 0 Å². The van der Waals surface area contributed by atoms with Gasteiger partial charge in [0.25, 0.3) is 5.91 Å². The third-order valence-corrected chi connectivity index (χ3v) is 3.28. The van der Waals surface area contributed by atoms with E-state index in [1.54, 1.807) is 38.1 Å². The van der Waals surface area contributed by atoms with Gasteiger partial charge in [-0.2, -0.15) is 0 Å². The zero-order valence-electron chi connectivity index (χ0n) is 14.1. The highest BCUT2D eigenvalue weighted by Crippen LogP contribution is 2.09. The number of aliphatic hydroxyl groups excluding tert-OH is 1. The molecule has 0 saturated carbocycles. The highest BCUT2D eigenvalue weighted by Gasteiger charge is 2.06. The van der Waals surface area contributed by atoms with Gasteiger partial charge < -0.3 is 15.3 Å². The summed E-state index contributed by atoms with van der Waals surface area (Å²) < 4.78 is 0. The van der Waals surface area contributed by atoms with E-state index in [9.17, 15) is 14.7 Å². The molecular weight excluding hydrogens is 292 g/mol. The molecule has 0 heterocycles. The van der Waals surface area contributed by atoms with Gasteiger partial charge >= 0.3 is 0 Å². The van der Waals surface area contributed by atoms with E-state index in [4.69, 9.17) is 0 Å². The fourth-order valence-corrected chi connectivity index (χ4v) is 1.94. The van der Waals surface area contributed by atoms with Crippen molar-refractivity contribution in [3.05, 3.63) is 41.5 Å². The van der Waals surface area contributed by atoms with Gasteiger partial charge in [-0.25, -0.2) is 0 Å². The average Bonchev–Trinajstić information content (AvgIpc) is 2.52. The van der Waals surface area contributed by atoms with Crippen LogP contribution in [0.15, 0.2) is 30.3 Å². The highest BCUT2D eigenvalue weighted by atomic mass is 16.3. The summed E-state index contributed by atoms with van der Waals surface area (Å²) >= 11 is 0. The number of nitrogens with one attached hydrogen (secondary N) is 1. The lowest BCUT2D eigenvalue weighted by Crippen LogP contribution is -2.30. The summed E-state index contributed by atoms with van der Waals surface area (Å²) in [6.07, 6.45) is 5.56. The maximum atomic E-state index is 11.9. The summed E-state index contributed by atoms with van der Waals surface area (Å²) in [5, 5.41) is 11.9. The second-order valence-corrected chi connectivity index (χ2v) is 5.77. The number of unbranched alkanes of at least 4 members (excludes halogenated alkanes) is 1. The lowest BCUT2D eigenvalue weighted by Gasteiger charge is -2.08. The Bertz CT molecular complexity index is 551. The molecule has 5 heteroatoms. The fourth-order valence-electron chi connectivity index (χ4n) is 1.94. The second kappa shape index (κ2) is 9.79. The van der Waals surface area contributed by atoms with Crippen molar-refractivity contribution >= 4 is 17.9 Å². The van der Waals surface area contributed by atoms with Crippen LogP contribution in [-0.2, 0) is 4.79 Å². The van der Waals surface area contributed by atoms with Crippen LogP contribution in [-0.4, -0.2) is 48.6 Å². The van der Waals surface area contributed by atoms with Crippen molar-refractivity contribution in [1.82, 2.24) is 10.2 Å². The zero-order valence-corrected chi connectivity index (χ0v) is 14.1. The first-order valence-corrected chi connectivity index (χ1v) is 7.83. The minimum Gasteiger partial charge on any atom is -0.392 e. The van der Waals surface area contributed by atoms with Gasteiger partial charge in [0.15, 0.2) is 0 Å². The highest BCUT2D eigenvalue weighted by molar-refractivity contribution is 5.94. The SMILES string of the molecule is CC(O)CNC(=O)c1cccc(C=CCCCC(=O)N(C)C)c1. The molecule has 126 valence electrons. The Hall–Kier alpha value is -2.14. The van der Waals surface area contributed by atoms with E-state index in [0.29, 0.717) is 12.0 Å². The van der Waals surface area contributed by atoms with Gasteiger partial charge in [0, 0.05) is 32.6 Å². The third kappa shape index (κ3) is 7.61. The van der Waals surface area contributed by atoms with Gasteiger partial charge in [0.2, 0.25) is 5.91 Å². The first kappa shape index (κ1) is 18.9. The maximum absolute atomic E-state index is 11.9. The lowest BCUT2D eigenvalue weighted by molar-refractivity contribution is -0.128. The molecular formula is C18H26N2O3. The number of benzene rings is 1. The van der Waals surface area contributed by atoms with Crippen LogP contribution in [0.1, 0.15) is 42.1 Å². The number of rotatable bonds is 8. The summed E-state index contributed by atoms with van der Waals surface area (Å²) in [7, 11) is 3.51. The Balaban J connectivity index is 2.48. The molecule has 1 aromatic carbocycles. The predicted molar refractivity (Wildman–Crippen MR) is 92.0 cm³/mol. The van der Waals surface area contributed by atoms with Gasteiger partial charge in [-0.3, -0.25) is 9.59 Å². The number of aliphatic hydroxyl groups is 1. The smallest absolute Gasteiger partial charge is 0.251 e. The zero-order chi connectivity index (χ0) is 17.2. The first-order valence-electron chi connectivity index (χ1n) is 7.83. The average molecular weight is 318 g/mol. The summed E-state index contributed by atoms with van der Waals surface area (Å²) in [4.78, 5) is 25.0. The summed E-state index contributed by atoms with van der Waals surface area (Å²) in [5.41, 5.74) is 1.50. The van der Waals surface area contributed by atoms with E-state index in [2.05, 4.69) is 5.32 Å². The quantitative estimate of drug-likeness (QED) is 0.721. The van der Waals surface area contributed by atoms with Gasteiger partial charge in [-0.05, 0) is 37.5 Å². The van der Waals surface area contributed by atoms with Gasteiger partial charge in [-0.15, -0.1) is 0 Å². The molecule has 0 aliphatic heterocycles. The van der Waals surface area contributed by atoms with Crippen molar-refractivity contribution in [3.8, 4) is 0 Å². The molecule has 0 spiro atoms. The van der Waals surface area contributed by atoms with Crippen molar-refractivity contribution in [1.29, 1.82) is 0 Å². The number of carbonyl (C=O) groups excluding carboxylic acids is 2. The number of carbonyl (C=O) groups is 2. The molecule has 5 nitrogen and oxygen atoms in total. The summed E-state index contributed by atoms with van der Waals surface area (Å²) in [6, 6.07) is 7.29. The Kier molecular flexibility index (Phi) is 8.05. The van der Waals surface area contributed by atoms with Crippen LogP contribution in [0.4, 0.5) is 0 Å². The molecule has 2 amide bonds. The van der Waals surface area contributed by atoms with Crippen LogP contribution in [0.3, 0.4) is 0 Å². The molecule has 0 fully saturated rings. The Morgan fingerprint density at radius 2 is 2.09 bits per heavy atom. The summed E-state index contributed by atoms with van der Waals surface area (Å²) in [6.45, 7) is 1.86. The second-order valence-electron chi connectivity index (χ2n) is 5.77. The van der Waals surface area contributed by atoms with Crippen molar-refractivity contribution in [2.24, 2.45) is 0 Å². The van der Waals surface area contributed by atoms with Crippen molar-refractivity contribution in [3.63, 3.8) is 0 Å². The van der Waals surface area contributed by atoms with E-state index < -0.39 is 6.10 Å². The largest absolute Gasteiger partial charge is 0.392 e. The van der Waals surface area contributed by atoms with Crippen molar-refractivity contribution < 1.29 is 14.7 Å². The minimum atomic E-state index is -0.563. The molecule has 1 rings (SSSR count). The van der Waals surface area contributed by atoms with Crippen LogP contribution >= 0.6 is 0 Å². The van der Waals surface area contributed by atoms with Gasteiger partial charge in [-0.1, -0.05) is 24.3 Å². The van der Waals surface area contributed by atoms with Crippen LogP contribution in [0.2, 0.25) is 0 Å². The van der Waals surface area contributed by atoms with E-state index in [-0.39, 0.29) is 18.4 Å². The van der Waals surface area contributed by atoms with Crippen molar-refractivity contribution in [2.75, 3.05) is 20.6 Å². The van der Waals surface area contributed by atoms with E-state index in [1.165, 1.54) is 0 Å². The van der Waals surface area contributed by atoms with Crippen LogP contribution < -0.4 is 5.32 Å². The topological polar surface area (TPSA) is 69.6 Å². The van der Waals surface area contributed by atoms with Gasteiger partial charge in [0.1, 0.15) is 0 Å². The Morgan fingerprint density at radius 1 is 1.35 bits per heavy atom. The molecule has 2 N–H and O–H groups in total. The monoisotopic (exact) mass is 318 g/mol. The first-order chi connectivity index (χ1) is 10.9. The molecule has 1 unspecified atom stereocenters. The predicted octanol–water partition coefficient (Wildman–Crippen LogP) is 2.07. The maximum Gasteiger partial charge on any atom is 0.251 e. The van der Waals surface area contributed by atoms with Crippen molar-refractivity contribution in [2.45, 2.75) is 32.3 Å². The number of hydrogen-bond acceptors (Lipinski definition) is 3. The molecule has 0 bridgehead atoms. The van der Waals surface area contributed by atoms with Gasteiger partial charge in [0.05, 0.1) is 6.10 Å². The van der Waals surface area contributed by atoms with E-state index in [1.807, 2.05) is 24.3 Å². The Labute approximate surface area is 138 Å². The number of allylic oxidation sites excluding steroid dienone is 1. The Morgan fingerprint density at radius 3 is 2.74 bits per heavy atom. The molecule has 0 aromatic heterocycles. The normalized spacial score (nSPS) is 12.2. The molecule has 1 aromatic rings. The molecule has 0 saturated heterocycles. The molecule has 23 heavy (non-hydrogen) atoms.